The van der Waals surface area contributed by atoms with Crippen molar-refractivity contribution in [3.8, 4) is 0 Å². The summed E-state index contributed by atoms with van der Waals surface area (Å²) in [5.41, 5.74) is -1.41. The van der Waals surface area contributed by atoms with Crippen LogP contribution in [0.2, 0.25) is 0 Å². The molecule has 1 heterocycles. The number of methoxy groups -OCH3 is 1. The van der Waals surface area contributed by atoms with Gasteiger partial charge in [0.25, 0.3) is 0 Å². The van der Waals surface area contributed by atoms with E-state index in [1.54, 1.807) is 0 Å². The first-order valence-electron chi connectivity index (χ1n) is 4.55. The number of hydrogen-bond donors (Lipinski definition) is 2. The van der Waals surface area contributed by atoms with Crippen LogP contribution in [0.15, 0.2) is 10.3 Å². The van der Waals surface area contributed by atoms with E-state index < -0.39 is 21.6 Å². The van der Waals surface area contributed by atoms with Crippen molar-refractivity contribution in [3.63, 3.8) is 0 Å². The second kappa shape index (κ2) is 4.37. The monoisotopic (exact) mass is 279 g/mol. The van der Waals surface area contributed by atoms with Gasteiger partial charge in [0, 0.05) is 4.88 Å². The Morgan fingerprint density at radius 3 is 2.41 bits per heavy atom. The molecule has 1 aromatic rings. The second-order valence-corrected chi connectivity index (χ2v) is 6.72. The van der Waals surface area contributed by atoms with E-state index in [1.807, 2.05) is 0 Å². The quantitative estimate of drug-likeness (QED) is 0.779. The molecule has 6 nitrogen and oxygen atoms in total. The summed E-state index contributed by atoms with van der Waals surface area (Å²) in [6.07, 6.45) is 0. The minimum absolute atomic E-state index is 0.155. The molecule has 0 aliphatic rings. The van der Waals surface area contributed by atoms with E-state index in [0.717, 1.165) is 18.4 Å². The lowest BCUT2D eigenvalue weighted by atomic mass is 10.1. The third-order valence-electron chi connectivity index (χ3n) is 1.96. The van der Waals surface area contributed by atoms with Crippen LogP contribution in [0.4, 0.5) is 0 Å². The van der Waals surface area contributed by atoms with Crippen molar-refractivity contribution in [2.75, 3.05) is 7.11 Å². The summed E-state index contributed by atoms with van der Waals surface area (Å²) in [7, 11) is -2.89. The molecule has 0 aromatic carbocycles. The van der Waals surface area contributed by atoms with Gasteiger partial charge in [0.05, 0.1) is 18.3 Å². The van der Waals surface area contributed by atoms with Gasteiger partial charge in [-0.05, 0) is 19.9 Å². The van der Waals surface area contributed by atoms with Gasteiger partial charge < -0.3 is 9.84 Å². The number of thiophene rings is 1. The summed E-state index contributed by atoms with van der Waals surface area (Å²) in [6, 6.07) is 1.27. The lowest BCUT2D eigenvalue weighted by Gasteiger charge is -2.13. The fourth-order valence-corrected chi connectivity index (χ4v) is 3.20. The van der Waals surface area contributed by atoms with E-state index in [2.05, 4.69) is 4.74 Å². The molecule has 0 fully saturated rings. The van der Waals surface area contributed by atoms with Crippen molar-refractivity contribution in [2.45, 2.75) is 23.7 Å². The first-order chi connectivity index (χ1) is 7.57. The maximum atomic E-state index is 11.4. The molecule has 0 saturated carbocycles. The summed E-state index contributed by atoms with van der Waals surface area (Å²) in [5, 5.41) is 14.8. The number of carbonyl (C=O) groups excluding carboxylic acids is 1. The largest absolute Gasteiger partial charge is 0.465 e. The molecule has 0 aliphatic heterocycles. The van der Waals surface area contributed by atoms with Crippen LogP contribution in [-0.2, 0) is 20.4 Å². The Kier molecular flexibility index (Phi) is 3.63. The van der Waals surface area contributed by atoms with E-state index in [4.69, 9.17) is 5.14 Å². The van der Waals surface area contributed by atoms with Crippen LogP contribution in [0, 0.1) is 0 Å². The predicted octanol–water partition coefficient (Wildman–Crippen LogP) is 0.410. The second-order valence-electron chi connectivity index (χ2n) is 3.91. The zero-order valence-electron chi connectivity index (χ0n) is 9.55. The number of primary sulfonamides is 1. The van der Waals surface area contributed by atoms with E-state index in [1.165, 1.54) is 19.9 Å². The highest BCUT2D eigenvalue weighted by molar-refractivity contribution is 7.91. The molecule has 0 amide bonds. The van der Waals surface area contributed by atoms with Crippen LogP contribution in [0.25, 0.3) is 0 Å². The van der Waals surface area contributed by atoms with Gasteiger partial charge in [-0.25, -0.2) is 18.4 Å². The van der Waals surface area contributed by atoms with Gasteiger partial charge in [-0.3, -0.25) is 0 Å². The number of nitrogens with two attached hydrogens (primary N) is 1. The molecule has 8 heteroatoms. The average molecular weight is 279 g/mol. The fraction of sp³-hybridized carbons (Fsp3) is 0.444. The van der Waals surface area contributed by atoms with Crippen molar-refractivity contribution >= 4 is 27.3 Å². The normalized spacial score (nSPS) is 12.5. The maximum absolute atomic E-state index is 11.4. The maximum Gasteiger partial charge on any atom is 0.340 e. The van der Waals surface area contributed by atoms with Crippen LogP contribution in [-0.4, -0.2) is 26.6 Å². The van der Waals surface area contributed by atoms with Crippen LogP contribution < -0.4 is 5.14 Å². The van der Waals surface area contributed by atoms with Gasteiger partial charge in [-0.1, -0.05) is 0 Å². The Hall–Kier alpha value is -0.960. The SMILES string of the molecule is COC(=O)c1cc(C(C)(C)O)sc1S(N)(=O)=O. The molecule has 0 spiro atoms. The molecule has 0 bridgehead atoms. The van der Waals surface area contributed by atoms with Crippen molar-refractivity contribution in [3.05, 3.63) is 16.5 Å². The minimum Gasteiger partial charge on any atom is -0.465 e. The van der Waals surface area contributed by atoms with E-state index in [9.17, 15) is 18.3 Å². The zero-order chi connectivity index (χ0) is 13.4. The number of carbonyl (C=O) groups is 1. The number of aliphatic hydroxyl groups is 1. The van der Waals surface area contributed by atoms with Gasteiger partial charge in [-0.15, -0.1) is 11.3 Å². The molecule has 0 unspecified atom stereocenters. The molecule has 0 radical (unpaired) electrons. The fourth-order valence-electron chi connectivity index (χ4n) is 1.14. The summed E-state index contributed by atoms with van der Waals surface area (Å²) < 4.78 is 26.8. The Bertz CT molecular complexity index is 538. The highest BCUT2D eigenvalue weighted by Crippen LogP contribution is 2.33. The van der Waals surface area contributed by atoms with Crippen LogP contribution in [0.5, 0.6) is 0 Å². The zero-order valence-corrected chi connectivity index (χ0v) is 11.2. The molecule has 1 aromatic heterocycles. The Labute approximate surface area is 103 Å². The first kappa shape index (κ1) is 14.1. The summed E-state index contributed by atoms with van der Waals surface area (Å²) in [4.78, 5) is 11.7. The summed E-state index contributed by atoms with van der Waals surface area (Å²) in [6.45, 7) is 2.96. The molecule has 96 valence electrons. The van der Waals surface area contributed by atoms with E-state index in [-0.39, 0.29) is 9.77 Å². The standard InChI is InChI=1S/C9H13NO5S2/c1-9(2,12)6-4-5(7(11)15-3)8(16-6)17(10,13)14/h4,12H,1-3H3,(H2,10,13,14). The van der Waals surface area contributed by atoms with Gasteiger partial charge >= 0.3 is 5.97 Å². The average Bonchev–Trinajstić information content (AvgIpc) is 2.59. The molecule has 3 N–H and O–H groups in total. The topological polar surface area (TPSA) is 107 Å². The molecular formula is C9H13NO5S2. The van der Waals surface area contributed by atoms with Gasteiger partial charge in [0.15, 0.2) is 0 Å². The Morgan fingerprint density at radius 1 is 1.53 bits per heavy atom. The number of rotatable bonds is 3. The molecule has 1 rings (SSSR count). The minimum atomic E-state index is -4.02. The number of esters is 1. The van der Waals surface area contributed by atoms with Crippen molar-refractivity contribution < 1.29 is 23.1 Å². The smallest absolute Gasteiger partial charge is 0.340 e. The van der Waals surface area contributed by atoms with Crippen LogP contribution >= 0.6 is 11.3 Å². The third-order valence-corrected chi connectivity index (χ3v) is 4.89. The van der Waals surface area contributed by atoms with Crippen molar-refractivity contribution in [1.29, 1.82) is 0 Å². The Morgan fingerprint density at radius 2 is 2.06 bits per heavy atom. The molecule has 0 aliphatic carbocycles. The van der Waals surface area contributed by atoms with Crippen LogP contribution in [0.1, 0.15) is 29.1 Å². The number of sulfonamides is 1. The van der Waals surface area contributed by atoms with Crippen molar-refractivity contribution in [1.82, 2.24) is 0 Å². The van der Waals surface area contributed by atoms with Crippen LogP contribution in [0.3, 0.4) is 0 Å². The highest BCUT2D eigenvalue weighted by Gasteiger charge is 2.29. The predicted molar refractivity (Wildman–Crippen MR) is 62.3 cm³/mol. The molecular weight excluding hydrogens is 266 g/mol. The lowest BCUT2D eigenvalue weighted by Crippen LogP contribution is -2.14. The molecule has 0 saturated heterocycles. The van der Waals surface area contributed by atoms with Gasteiger partial charge in [0.2, 0.25) is 10.0 Å². The van der Waals surface area contributed by atoms with E-state index >= 15 is 0 Å². The lowest BCUT2D eigenvalue weighted by molar-refractivity contribution is 0.0596. The van der Waals surface area contributed by atoms with Crippen molar-refractivity contribution in [2.24, 2.45) is 5.14 Å². The molecule has 17 heavy (non-hydrogen) atoms. The third kappa shape index (κ3) is 3.03. The Balaban J connectivity index is 3.48. The summed E-state index contributed by atoms with van der Waals surface area (Å²) >= 11 is 0.753. The summed E-state index contributed by atoms with van der Waals surface area (Å²) in [5.74, 6) is -0.805. The molecule has 0 atom stereocenters. The van der Waals surface area contributed by atoms with E-state index in [0.29, 0.717) is 4.88 Å². The van der Waals surface area contributed by atoms with Gasteiger partial charge in [-0.2, -0.15) is 0 Å². The van der Waals surface area contributed by atoms with Gasteiger partial charge in [0.1, 0.15) is 4.21 Å². The highest BCUT2D eigenvalue weighted by atomic mass is 32.2. The first-order valence-corrected chi connectivity index (χ1v) is 6.91. The number of hydrogen-bond acceptors (Lipinski definition) is 6. The number of ether oxygens (including phenoxy) is 1.